The summed E-state index contributed by atoms with van der Waals surface area (Å²) in [6.07, 6.45) is 2.83. The van der Waals surface area contributed by atoms with Crippen LogP contribution in [0.25, 0.3) is 10.9 Å². The number of hydrogen-bond donors (Lipinski definition) is 3. The number of para-hydroxylation sites is 1. The summed E-state index contributed by atoms with van der Waals surface area (Å²) in [6, 6.07) is 8.53. The number of H-pyrrole nitrogens is 1. The van der Waals surface area contributed by atoms with Crippen molar-refractivity contribution in [3.05, 3.63) is 74.8 Å². The van der Waals surface area contributed by atoms with Crippen molar-refractivity contribution in [3.63, 3.8) is 0 Å². The van der Waals surface area contributed by atoms with E-state index < -0.39 is 0 Å². The van der Waals surface area contributed by atoms with E-state index in [-0.39, 0.29) is 17.0 Å². The Morgan fingerprint density at radius 3 is 3.04 bits per heavy atom. The van der Waals surface area contributed by atoms with Crippen molar-refractivity contribution in [3.8, 4) is 0 Å². The number of hydrogen-bond acceptors (Lipinski definition) is 4. The van der Waals surface area contributed by atoms with Crippen molar-refractivity contribution in [1.29, 1.82) is 0 Å². The number of fused-ring (bicyclic) bond motifs is 2. The minimum absolute atomic E-state index is 0.162. The van der Waals surface area contributed by atoms with E-state index in [9.17, 15) is 9.59 Å². The van der Waals surface area contributed by atoms with Gasteiger partial charge in [-0.3, -0.25) is 14.6 Å². The number of nitrogens with one attached hydrogen (secondary N) is 3. The predicted molar refractivity (Wildman–Crippen MR) is 100 cm³/mol. The topological polar surface area (TPSA) is 86.9 Å². The molecule has 0 radical (unpaired) electrons. The highest BCUT2D eigenvalue weighted by molar-refractivity contribution is 5.94. The van der Waals surface area contributed by atoms with Crippen LogP contribution < -0.4 is 16.1 Å². The van der Waals surface area contributed by atoms with Gasteiger partial charge in [0.15, 0.2) is 5.43 Å². The third-order valence-electron chi connectivity index (χ3n) is 4.88. The number of rotatable bonds is 3. The fourth-order valence-electron chi connectivity index (χ4n) is 3.46. The Balaban J connectivity index is 1.59. The number of nitrogens with zero attached hydrogens (tertiary/aromatic N) is 1. The van der Waals surface area contributed by atoms with Gasteiger partial charge in [-0.05, 0) is 48.7 Å². The van der Waals surface area contributed by atoms with Crippen LogP contribution in [-0.2, 0) is 19.5 Å². The maximum absolute atomic E-state index is 12.6. The van der Waals surface area contributed by atoms with Gasteiger partial charge in [-0.1, -0.05) is 12.1 Å². The molecule has 4 rings (SSSR count). The van der Waals surface area contributed by atoms with E-state index >= 15 is 0 Å². The minimum Gasteiger partial charge on any atom is -0.350 e. The fraction of sp³-hybridized carbons (Fsp3) is 0.250. The van der Waals surface area contributed by atoms with Crippen LogP contribution in [0.15, 0.2) is 41.3 Å². The molecule has 0 saturated carbocycles. The molecule has 2 aromatic heterocycles. The smallest absolute Gasteiger partial charge is 0.268 e. The lowest BCUT2D eigenvalue weighted by molar-refractivity contribution is 0.0946. The number of aryl methyl sites for hydroxylation is 1. The number of aromatic nitrogens is 2. The molecule has 0 atom stereocenters. The zero-order chi connectivity index (χ0) is 18.1. The molecule has 0 aliphatic carbocycles. The van der Waals surface area contributed by atoms with Crippen molar-refractivity contribution in [2.24, 2.45) is 0 Å². The second-order valence-electron chi connectivity index (χ2n) is 6.53. The lowest BCUT2D eigenvalue weighted by atomic mass is 9.96. The molecule has 6 nitrogen and oxygen atoms in total. The number of aromatic amines is 1. The van der Waals surface area contributed by atoms with Crippen molar-refractivity contribution >= 4 is 16.8 Å². The molecule has 3 N–H and O–H groups in total. The highest BCUT2D eigenvalue weighted by atomic mass is 16.2. The molecule has 3 heterocycles. The number of carbonyl (C=O) groups excluding carboxylic acids is 1. The zero-order valence-corrected chi connectivity index (χ0v) is 14.6. The van der Waals surface area contributed by atoms with Gasteiger partial charge >= 0.3 is 0 Å². The highest BCUT2D eigenvalue weighted by Gasteiger charge is 2.17. The molecule has 1 amide bonds. The second-order valence-corrected chi connectivity index (χ2v) is 6.53. The largest absolute Gasteiger partial charge is 0.350 e. The van der Waals surface area contributed by atoms with Crippen LogP contribution in [-0.4, -0.2) is 22.4 Å². The van der Waals surface area contributed by atoms with Gasteiger partial charge in [-0.25, -0.2) is 0 Å². The Morgan fingerprint density at radius 1 is 1.31 bits per heavy atom. The van der Waals surface area contributed by atoms with E-state index in [2.05, 4.69) is 20.6 Å². The average molecular weight is 348 g/mol. The van der Waals surface area contributed by atoms with E-state index in [1.807, 2.05) is 19.2 Å². The SMILES string of the molecule is Cc1ncc2c(c1CNC(=O)c1cc(=O)c3ccccc3[nH]1)CCNC2. The number of benzene rings is 1. The zero-order valence-electron chi connectivity index (χ0n) is 14.6. The lowest BCUT2D eigenvalue weighted by Crippen LogP contribution is -2.29. The first-order valence-corrected chi connectivity index (χ1v) is 8.70. The molecule has 3 aromatic rings. The van der Waals surface area contributed by atoms with Crippen LogP contribution in [0.1, 0.15) is 32.9 Å². The molecule has 1 aliphatic rings. The quantitative estimate of drug-likeness (QED) is 0.674. The summed E-state index contributed by atoms with van der Waals surface area (Å²) in [5.74, 6) is -0.293. The summed E-state index contributed by atoms with van der Waals surface area (Å²) in [7, 11) is 0. The molecular formula is C20H20N4O2. The molecule has 0 bridgehead atoms. The molecule has 132 valence electrons. The third-order valence-corrected chi connectivity index (χ3v) is 4.88. The summed E-state index contributed by atoms with van der Waals surface area (Å²) in [5.41, 5.74) is 5.22. The molecule has 1 aliphatic heterocycles. The van der Waals surface area contributed by atoms with Gasteiger partial charge < -0.3 is 15.6 Å². The molecule has 0 unspecified atom stereocenters. The Kier molecular flexibility index (Phi) is 4.26. The van der Waals surface area contributed by atoms with Gasteiger partial charge in [-0.2, -0.15) is 0 Å². The molecule has 6 heteroatoms. The predicted octanol–water partition coefficient (Wildman–Crippen LogP) is 1.81. The van der Waals surface area contributed by atoms with Gasteiger partial charge in [0.05, 0.1) is 0 Å². The highest BCUT2D eigenvalue weighted by Crippen LogP contribution is 2.20. The molecule has 1 aromatic carbocycles. The van der Waals surface area contributed by atoms with Crippen molar-refractivity contribution in [2.45, 2.75) is 26.4 Å². The van der Waals surface area contributed by atoms with Crippen LogP contribution in [0.3, 0.4) is 0 Å². The van der Waals surface area contributed by atoms with E-state index in [0.29, 0.717) is 17.4 Å². The standard InChI is InChI=1S/C20H20N4O2/c1-12-16(14-6-7-21-9-13(14)10-22-12)11-23-20(26)18-8-19(25)15-4-2-3-5-17(15)24-18/h2-5,8,10,21H,6-7,9,11H2,1H3,(H,23,26)(H,24,25). The van der Waals surface area contributed by atoms with Crippen LogP contribution >= 0.6 is 0 Å². The molecule has 0 saturated heterocycles. The summed E-state index contributed by atoms with van der Waals surface area (Å²) < 4.78 is 0. The first-order chi connectivity index (χ1) is 12.6. The Hall–Kier alpha value is -2.99. The van der Waals surface area contributed by atoms with Gasteiger partial charge in [0.1, 0.15) is 5.69 Å². The first kappa shape index (κ1) is 16.5. The second kappa shape index (κ2) is 6.72. The summed E-state index contributed by atoms with van der Waals surface area (Å²) >= 11 is 0. The van der Waals surface area contributed by atoms with Crippen LogP contribution in [0, 0.1) is 6.92 Å². The van der Waals surface area contributed by atoms with Gasteiger partial charge in [0, 0.05) is 41.9 Å². The van der Waals surface area contributed by atoms with E-state index in [1.165, 1.54) is 17.2 Å². The van der Waals surface area contributed by atoms with E-state index in [4.69, 9.17) is 0 Å². The van der Waals surface area contributed by atoms with Crippen molar-refractivity contribution in [1.82, 2.24) is 20.6 Å². The third kappa shape index (κ3) is 2.99. The Morgan fingerprint density at radius 2 is 2.15 bits per heavy atom. The van der Waals surface area contributed by atoms with Crippen LogP contribution in [0.5, 0.6) is 0 Å². The van der Waals surface area contributed by atoms with Gasteiger partial charge in [0.2, 0.25) is 0 Å². The molecule has 0 fully saturated rings. The molecule has 0 spiro atoms. The summed E-state index contributed by atoms with van der Waals surface area (Å²) in [5, 5.41) is 6.84. The minimum atomic E-state index is -0.293. The summed E-state index contributed by atoms with van der Waals surface area (Å²) in [4.78, 5) is 32.3. The van der Waals surface area contributed by atoms with Crippen LogP contribution in [0.2, 0.25) is 0 Å². The fourth-order valence-corrected chi connectivity index (χ4v) is 3.46. The van der Waals surface area contributed by atoms with Gasteiger partial charge in [0.25, 0.3) is 5.91 Å². The first-order valence-electron chi connectivity index (χ1n) is 8.70. The Labute approximate surface area is 150 Å². The van der Waals surface area contributed by atoms with E-state index in [1.54, 1.807) is 18.2 Å². The average Bonchev–Trinajstić information content (AvgIpc) is 2.67. The lowest BCUT2D eigenvalue weighted by Gasteiger charge is -2.21. The van der Waals surface area contributed by atoms with Crippen LogP contribution in [0.4, 0.5) is 0 Å². The Bertz CT molecular complexity index is 1060. The number of amides is 1. The number of carbonyl (C=O) groups is 1. The summed E-state index contributed by atoms with van der Waals surface area (Å²) in [6.45, 7) is 4.09. The van der Waals surface area contributed by atoms with Crippen molar-refractivity contribution < 1.29 is 4.79 Å². The number of pyridine rings is 2. The van der Waals surface area contributed by atoms with Gasteiger partial charge in [-0.15, -0.1) is 0 Å². The monoisotopic (exact) mass is 348 g/mol. The maximum Gasteiger partial charge on any atom is 0.268 e. The maximum atomic E-state index is 12.6. The van der Waals surface area contributed by atoms with Crippen molar-refractivity contribution in [2.75, 3.05) is 6.54 Å². The molecule has 26 heavy (non-hydrogen) atoms. The normalized spacial score (nSPS) is 13.4. The van der Waals surface area contributed by atoms with E-state index in [0.717, 1.165) is 30.8 Å². The molecular weight excluding hydrogens is 328 g/mol.